The molecule has 1 heterocycles. The molecular weight excluding hydrogens is 232 g/mol. The Labute approximate surface area is 110 Å². The molecule has 0 bridgehead atoms. The number of hydrogen-bond donors (Lipinski definition) is 1. The first kappa shape index (κ1) is 15.4. The molecule has 5 nitrogen and oxygen atoms in total. The number of morpholine rings is 1. The second kappa shape index (κ2) is 9.30. The highest BCUT2D eigenvalue weighted by Crippen LogP contribution is 2.10. The minimum atomic E-state index is 0.0324. The molecule has 2 N–H and O–H groups in total. The smallest absolute Gasteiger partial charge is 0.222 e. The fraction of sp³-hybridized carbons (Fsp3) is 0.923. The average Bonchev–Trinajstić information content (AvgIpc) is 2.39. The third-order valence-corrected chi connectivity index (χ3v) is 3.19. The van der Waals surface area contributed by atoms with E-state index in [1.807, 2.05) is 4.90 Å². The Kier molecular flexibility index (Phi) is 7.96. The van der Waals surface area contributed by atoms with Crippen LogP contribution in [-0.2, 0) is 14.3 Å². The van der Waals surface area contributed by atoms with Crippen LogP contribution in [0.3, 0.4) is 0 Å². The van der Waals surface area contributed by atoms with E-state index in [0.29, 0.717) is 32.7 Å². The summed E-state index contributed by atoms with van der Waals surface area (Å²) in [5.41, 5.74) is 5.43. The van der Waals surface area contributed by atoms with E-state index >= 15 is 0 Å². The van der Waals surface area contributed by atoms with Gasteiger partial charge in [0.2, 0.25) is 5.91 Å². The second-order valence-corrected chi connectivity index (χ2v) is 4.74. The van der Waals surface area contributed by atoms with E-state index in [0.717, 1.165) is 32.2 Å². The third kappa shape index (κ3) is 5.80. The normalized spacial score (nSPS) is 20.1. The van der Waals surface area contributed by atoms with E-state index in [4.69, 9.17) is 15.2 Å². The Morgan fingerprint density at radius 3 is 2.89 bits per heavy atom. The summed E-state index contributed by atoms with van der Waals surface area (Å²) in [4.78, 5) is 13.9. The number of ether oxygens (including phenoxy) is 2. The van der Waals surface area contributed by atoms with E-state index in [-0.39, 0.29) is 12.0 Å². The van der Waals surface area contributed by atoms with Gasteiger partial charge in [-0.25, -0.2) is 0 Å². The number of methoxy groups -OCH3 is 1. The van der Waals surface area contributed by atoms with Crippen LogP contribution in [0.25, 0.3) is 0 Å². The molecule has 0 spiro atoms. The van der Waals surface area contributed by atoms with E-state index < -0.39 is 0 Å². The predicted octanol–water partition coefficient (Wildman–Crippen LogP) is 0.769. The van der Waals surface area contributed by atoms with Gasteiger partial charge in [-0.2, -0.15) is 0 Å². The maximum Gasteiger partial charge on any atom is 0.222 e. The lowest BCUT2D eigenvalue weighted by atomic mass is 10.1. The molecule has 0 aromatic carbocycles. The predicted molar refractivity (Wildman–Crippen MR) is 70.3 cm³/mol. The summed E-state index contributed by atoms with van der Waals surface area (Å²) in [6.45, 7) is 3.29. The summed E-state index contributed by atoms with van der Waals surface area (Å²) < 4.78 is 10.6. The average molecular weight is 258 g/mol. The van der Waals surface area contributed by atoms with Gasteiger partial charge in [0.25, 0.3) is 0 Å². The Morgan fingerprint density at radius 1 is 1.39 bits per heavy atom. The molecule has 1 aliphatic heterocycles. The van der Waals surface area contributed by atoms with Crippen molar-refractivity contribution in [1.29, 1.82) is 0 Å². The summed E-state index contributed by atoms with van der Waals surface area (Å²) in [5, 5.41) is 0. The maximum atomic E-state index is 12.0. The minimum absolute atomic E-state index is 0.0324. The van der Waals surface area contributed by atoms with E-state index in [1.165, 1.54) is 0 Å². The molecule has 1 unspecified atom stereocenters. The first-order valence-electron chi connectivity index (χ1n) is 6.86. The zero-order valence-electron chi connectivity index (χ0n) is 11.4. The molecule has 5 heteroatoms. The van der Waals surface area contributed by atoms with Crippen molar-refractivity contribution in [3.63, 3.8) is 0 Å². The fourth-order valence-corrected chi connectivity index (χ4v) is 2.16. The SMILES string of the molecule is COCC1CN(C(=O)CCCCCCN)CCO1. The summed E-state index contributed by atoms with van der Waals surface area (Å²) in [5.74, 6) is 0.243. The molecular formula is C13H26N2O3. The highest BCUT2D eigenvalue weighted by molar-refractivity contribution is 5.76. The van der Waals surface area contributed by atoms with Gasteiger partial charge < -0.3 is 20.1 Å². The summed E-state index contributed by atoms with van der Waals surface area (Å²) in [6, 6.07) is 0. The van der Waals surface area contributed by atoms with Crippen molar-refractivity contribution in [3.8, 4) is 0 Å². The van der Waals surface area contributed by atoms with Gasteiger partial charge in [-0.3, -0.25) is 4.79 Å². The Hall–Kier alpha value is -0.650. The molecule has 1 amide bonds. The lowest BCUT2D eigenvalue weighted by molar-refractivity contribution is -0.140. The van der Waals surface area contributed by atoms with Gasteiger partial charge in [0.05, 0.1) is 19.3 Å². The molecule has 1 aliphatic rings. The number of amides is 1. The molecule has 0 aromatic rings. The number of carbonyl (C=O) groups excluding carboxylic acids is 1. The second-order valence-electron chi connectivity index (χ2n) is 4.74. The van der Waals surface area contributed by atoms with Crippen molar-refractivity contribution in [2.45, 2.75) is 38.2 Å². The molecule has 0 saturated carbocycles. The Balaban J connectivity index is 2.16. The summed E-state index contributed by atoms with van der Waals surface area (Å²) >= 11 is 0. The molecule has 0 radical (unpaired) electrons. The molecule has 106 valence electrons. The van der Waals surface area contributed by atoms with Crippen LogP contribution in [0.15, 0.2) is 0 Å². The van der Waals surface area contributed by atoms with Gasteiger partial charge in [0, 0.05) is 26.6 Å². The van der Waals surface area contributed by atoms with Crippen LogP contribution in [0.5, 0.6) is 0 Å². The number of rotatable bonds is 8. The van der Waals surface area contributed by atoms with Gasteiger partial charge in [-0.05, 0) is 19.4 Å². The lowest BCUT2D eigenvalue weighted by Gasteiger charge is -2.32. The lowest BCUT2D eigenvalue weighted by Crippen LogP contribution is -2.47. The van der Waals surface area contributed by atoms with Crippen molar-refractivity contribution in [2.75, 3.05) is 40.0 Å². The molecule has 1 rings (SSSR count). The molecule has 1 fully saturated rings. The topological polar surface area (TPSA) is 64.8 Å². The van der Waals surface area contributed by atoms with Crippen LogP contribution in [0.2, 0.25) is 0 Å². The van der Waals surface area contributed by atoms with E-state index in [9.17, 15) is 4.79 Å². The van der Waals surface area contributed by atoms with Crippen LogP contribution in [0.4, 0.5) is 0 Å². The van der Waals surface area contributed by atoms with Crippen molar-refractivity contribution >= 4 is 5.91 Å². The zero-order valence-corrected chi connectivity index (χ0v) is 11.4. The number of nitrogens with two attached hydrogens (primary N) is 1. The summed E-state index contributed by atoms with van der Waals surface area (Å²) in [7, 11) is 1.65. The van der Waals surface area contributed by atoms with Crippen LogP contribution in [0.1, 0.15) is 32.1 Å². The number of carbonyl (C=O) groups is 1. The molecule has 1 atom stereocenters. The van der Waals surface area contributed by atoms with E-state index in [2.05, 4.69) is 0 Å². The van der Waals surface area contributed by atoms with Crippen LogP contribution in [0, 0.1) is 0 Å². The summed E-state index contributed by atoms with van der Waals surface area (Å²) in [6.07, 6.45) is 4.91. The molecule has 0 aliphatic carbocycles. The minimum Gasteiger partial charge on any atom is -0.382 e. The van der Waals surface area contributed by atoms with E-state index in [1.54, 1.807) is 7.11 Å². The van der Waals surface area contributed by atoms with Crippen LogP contribution < -0.4 is 5.73 Å². The molecule has 1 saturated heterocycles. The monoisotopic (exact) mass is 258 g/mol. The van der Waals surface area contributed by atoms with Gasteiger partial charge in [-0.15, -0.1) is 0 Å². The van der Waals surface area contributed by atoms with Crippen LogP contribution >= 0.6 is 0 Å². The molecule has 18 heavy (non-hydrogen) atoms. The van der Waals surface area contributed by atoms with Crippen LogP contribution in [-0.4, -0.2) is 56.9 Å². The third-order valence-electron chi connectivity index (χ3n) is 3.19. The quantitative estimate of drug-likeness (QED) is 0.653. The number of nitrogens with zero attached hydrogens (tertiary/aromatic N) is 1. The largest absolute Gasteiger partial charge is 0.382 e. The Morgan fingerprint density at radius 2 is 2.17 bits per heavy atom. The van der Waals surface area contributed by atoms with Gasteiger partial charge in [0.15, 0.2) is 0 Å². The Bertz CT molecular complexity index is 234. The number of hydrogen-bond acceptors (Lipinski definition) is 4. The molecule has 0 aromatic heterocycles. The maximum absolute atomic E-state index is 12.0. The first-order valence-corrected chi connectivity index (χ1v) is 6.86. The first-order chi connectivity index (χ1) is 8.77. The van der Waals surface area contributed by atoms with Crippen molar-refractivity contribution in [3.05, 3.63) is 0 Å². The van der Waals surface area contributed by atoms with Crippen molar-refractivity contribution in [1.82, 2.24) is 4.90 Å². The van der Waals surface area contributed by atoms with Gasteiger partial charge >= 0.3 is 0 Å². The van der Waals surface area contributed by atoms with Crippen molar-refractivity contribution < 1.29 is 14.3 Å². The van der Waals surface area contributed by atoms with Crippen molar-refractivity contribution in [2.24, 2.45) is 5.73 Å². The highest BCUT2D eigenvalue weighted by atomic mass is 16.5. The van der Waals surface area contributed by atoms with Gasteiger partial charge in [0.1, 0.15) is 0 Å². The standard InChI is InChI=1S/C13H26N2O3/c1-17-11-12-10-15(8-9-18-12)13(16)6-4-2-3-5-7-14/h12H,2-11,14H2,1H3. The zero-order chi connectivity index (χ0) is 13.2. The fourth-order valence-electron chi connectivity index (χ4n) is 2.16. The highest BCUT2D eigenvalue weighted by Gasteiger charge is 2.23. The van der Waals surface area contributed by atoms with Gasteiger partial charge in [-0.1, -0.05) is 12.8 Å². The number of unbranched alkanes of at least 4 members (excludes halogenated alkanes) is 3.